The number of piperidine rings is 1. The van der Waals surface area contributed by atoms with Crippen molar-refractivity contribution in [1.29, 1.82) is 0 Å². The van der Waals surface area contributed by atoms with Crippen molar-refractivity contribution in [3.8, 4) is 0 Å². The van der Waals surface area contributed by atoms with Gasteiger partial charge in [0.05, 0.1) is 5.69 Å². The van der Waals surface area contributed by atoms with Crippen molar-refractivity contribution in [1.82, 2.24) is 4.90 Å². The molecule has 3 N–H and O–H groups in total. The SMILES string of the molecule is Cc1ccc(N)c(C)c1NC(=O)N1CCCC(C)C1. The summed E-state index contributed by atoms with van der Waals surface area (Å²) >= 11 is 0. The minimum atomic E-state index is -0.0108. The summed E-state index contributed by atoms with van der Waals surface area (Å²) in [5.74, 6) is 0.586. The van der Waals surface area contributed by atoms with Gasteiger partial charge in [-0.15, -0.1) is 0 Å². The second-order valence-corrected chi connectivity index (χ2v) is 5.60. The minimum Gasteiger partial charge on any atom is -0.398 e. The van der Waals surface area contributed by atoms with E-state index in [0.717, 1.165) is 36.3 Å². The lowest BCUT2D eigenvalue weighted by atomic mass is 10.0. The van der Waals surface area contributed by atoms with Crippen LogP contribution in [0.25, 0.3) is 0 Å². The number of rotatable bonds is 1. The van der Waals surface area contributed by atoms with E-state index in [1.807, 2.05) is 30.9 Å². The molecule has 1 fully saturated rings. The summed E-state index contributed by atoms with van der Waals surface area (Å²) in [6.45, 7) is 7.80. The second-order valence-electron chi connectivity index (χ2n) is 5.60. The standard InChI is InChI=1S/C15H23N3O/c1-10-5-4-8-18(9-10)15(19)17-14-11(2)6-7-13(16)12(14)3/h6-7,10H,4-5,8-9,16H2,1-3H3,(H,17,19). The summed E-state index contributed by atoms with van der Waals surface area (Å²) in [6, 6.07) is 3.81. The minimum absolute atomic E-state index is 0.0108. The van der Waals surface area contributed by atoms with E-state index < -0.39 is 0 Å². The average molecular weight is 261 g/mol. The normalized spacial score (nSPS) is 19.3. The number of urea groups is 1. The van der Waals surface area contributed by atoms with E-state index >= 15 is 0 Å². The van der Waals surface area contributed by atoms with Crippen LogP contribution in [0.4, 0.5) is 16.2 Å². The number of amides is 2. The molecule has 0 aromatic heterocycles. The fraction of sp³-hybridized carbons (Fsp3) is 0.533. The number of nitrogens with zero attached hydrogens (tertiary/aromatic N) is 1. The molecule has 1 aliphatic heterocycles. The molecule has 1 aromatic rings. The number of benzene rings is 1. The number of carbonyl (C=O) groups excluding carboxylic acids is 1. The predicted molar refractivity (Wildman–Crippen MR) is 79.3 cm³/mol. The Labute approximate surface area is 115 Å². The van der Waals surface area contributed by atoms with Crippen LogP contribution in [0.3, 0.4) is 0 Å². The highest BCUT2D eigenvalue weighted by Crippen LogP contribution is 2.26. The van der Waals surface area contributed by atoms with Crippen LogP contribution in [-0.2, 0) is 0 Å². The van der Waals surface area contributed by atoms with E-state index in [9.17, 15) is 4.79 Å². The molecular weight excluding hydrogens is 238 g/mol. The van der Waals surface area contributed by atoms with E-state index in [1.165, 1.54) is 6.42 Å². The van der Waals surface area contributed by atoms with Crippen LogP contribution in [0.15, 0.2) is 12.1 Å². The van der Waals surface area contributed by atoms with Crippen LogP contribution in [0.2, 0.25) is 0 Å². The first-order valence-corrected chi connectivity index (χ1v) is 6.90. The van der Waals surface area contributed by atoms with E-state index in [-0.39, 0.29) is 6.03 Å². The van der Waals surface area contributed by atoms with Crippen molar-refractivity contribution < 1.29 is 4.79 Å². The molecule has 0 bridgehead atoms. The lowest BCUT2D eigenvalue weighted by molar-refractivity contribution is 0.182. The van der Waals surface area contributed by atoms with Crippen molar-refractivity contribution in [3.05, 3.63) is 23.3 Å². The molecule has 0 aliphatic carbocycles. The smallest absolute Gasteiger partial charge is 0.321 e. The molecule has 1 atom stereocenters. The van der Waals surface area contributed by atoms with Crippen molar-refractivity contribution in [2.24, 2.45) is 5.92 Å². The summed E-state index contributed by atoms with van der Waals surface area (Å²) in [5.41, 5.74) is 9.46. The molecule has 0 spiro atoms. The second kappa shape index (κ2) is 5.51. The van der Waals surface area contributed by atoms with Gasteiger partial charge in [-0.25, -0.2) is 4.79 Å². The Kier molecular flexibility index (Phi) is 3.98. The Morgan fingerprint density at radius 1 is 1.42 bits per heavy atom. The molecule has 1 aliphatic rings. The summed E-state index contributed by atoms with van der Waals surface area (Å²) in [6.07, 6.45) is 2.30. The van der Waals surface area contributed by atoms with Gasteiger partial charge in [0.15, 0.2) is 0 Å². The molecule has 4 heteroatoms. The maximum absolute atomic E-state index is 12.3. The first-order chi connectivity index (χ1) is 8.99. The molecule has 4 nitrogen and oxygen atoms in total. The molecule has 19 heavy (non-hydrogen) atoms. The van der Waals surface area contributed by atoms with Crippen LogP contribution in [0.1, 0.15) is 30.9 Å². The highest BCUT2D eigenvalue weighted by molar-refractivity contribution is 5.92. The summed E-state index contributed by atoms with van der Waals surface area (Å²) in [5, 5.41) is 3.02. The summed E-state index contributed by atoms with van der Waals surface area (Å²) < 4.78 is 0. The zero-order valence-electron chi connectivity index (χ0n) is 12.0. The van der Waals surface area contributed by atoms with Crippen LogP contribution in [0, 0.1) is 19.8 Å². The van der Waals surface area contributed by atoms with Crippen LogP contribution in [0.5, 0.6) is 0 Å². The van der Waals surface area contributed by atoms with Gasteiger partial charge in [-0.1, -0.05) is 13.0 Å². The van der Waals surface area contributed by atoms with Gasteiger partial charge < -0.3 is 16.0 Å². The lowest BCUT2D eigenvalue weighted by Crippen LogP contribution is -2.41. The number of likely N-dealkylation sites (tertiary alicyclic amines) is 1. The fourth-order valence-electron chi connectivity index (χ4n) is 2.62. The highest BCUT2D eigenvalue weighted by atomic mass is 16.2. The van der Waals surface area contributed by atoms with Gasteiger partial charge in [-0.3, -0.25) is 0 Å². The topological polar surface area (TPSA) is 58.4 Å². The van der Waals surface area contributed by atoms with Crippen LogP contribution in [-0.4, -0.2) is 24.0 Å². The number of anilines is 2. The van der Waals surface area contributed by atoms with Gasteiger partial charge in [0, 0.05) is 18.8 Å². The maximum atomic E-state index is 12.3. The third kappa shape index (κ3) is 3.00. The molecule has 1 saturated heterocycles. The maximum Gasteiger partial charge on any atom is 0.321 e. The van der Waals surface area contributed by atoms with Crippen molar-refractivity contribution >= 4 is 17.4 Å². The van der Waals surface area contributed by atoms with Gasteiger partial charge >= 0.3 is 6.03 Å². The lowest BCUT2D eigenvalue weighted by Gasteiger charge is -2.31. The quantitative estimate of drug-likeness (QED) is 0.763. The molecule has 1 aromatic carbocycles. The van der Waals surface area contributed by atoms with Crippen LogP contribution >= 0.6 is 0 Å². The van der Waals surface area contributed by atoms with Crippen molar-refractivity contribution in [2.75, 3.05) is 24.1 Å². The first-order valence-electron chi connectivity index (χ1n) is 6.90. The largest absolute Gasteiger partial charge is 0.398 e. The zero-order valence-corrected chi connectivity index (χ0v) is 12.0. The molecule has 0 radical (unpaired) electrons. The molecule has 1 heterocycles. The average Bonchev–Trinajstić information content (AvgIpc) is 2.39. The molecule has 2 rings (SSSR count). The number of carbonyl (C=O) groups is 1. The molecular formula is C15H23N3O. The van der Waals surface area contributed by atoms with Crippen molar-refractivity contribution in [2.45, 2.75) is 33.6 Å². The van der Waals surface area contributed by atoms with E-state index in [2.05, 4.69) is 12.2 Å². The van der Waals surface area contributed by atoms with E-state index in [4.69, 9.17) is 5.73 Å². The number of nitrogens with one attached hydrogen (secondary N) is 1. The molecule has 2 amide bonds. The number of nitrogen functional groups attached to an aromatic ring is 1. The number of nitrogens with two attached hydrogens (primary N) is 1. The Balaban J connectivity index is 2.13. The van der Waals surface area contributed by atoms with Gasteiger partial charge in [0.2, 0.25) is 0 Å². The van der Waals surface area contributed by atoms with Crippen molar-refractivity contribution in [3.63, 3.8) is 0 Å². The van der Waals surface area contributed by atoms with E-state index in [1.54, 1.807) is 0 Å². The monoisotopic (exact) mass is 261 g/mol. The zero-order chi connectivity index (χ0) is 14.0. The fourth-order valence-corrected chi connectivity index (χ4v) is 2.62. The Bertz CT molecular complexity index is 485. The van der Waals surface area contributed by atoms with Gasteiger partial charge in [-0.2, -0.15) is 0 Å². The Morgan fingerprint density at radius 2 is 2.16 bits per heavy atom. The third-order valence-corrected chi connectivity index (χ3v) is 3.89. The number of aryl methyl sites for hydroxylation is 1. The first kappa shape index (κ1) is 13.7. The molecule has 0 saturated carbocycles. The van der Waals surface area contributed by atoms with Crippen LogP contribution < -0.4 is 11.1 Å². The molecule has 104 valence electrons. The highest BCUT2D eigenvalue weighted by Gasteiger charge is 2.21. The van der Waals surface area contributed by atoms with Gasteiger partial charge in [0.25, 0.3) is 0 Å². The van der Waals surface area contributed by atoms with Gasteiger partial charge in [0.1, 0.15) is 0 Å². The number of hydrogen-bond donors (Lipinski definition) is 2. The summed E-state index contributed by atoms with van der Waals surface area (Å²) in [4.78, 5) is 14.2. The molecule has 1 unspecified atom stereocenters. The van der Waals surface area contributed by atoms with Gasteiger partial charge in [-0.05, 0) is 49.8 Å². The van der Waals surface area contributed by atoms with E-state index in [0.29, 0.717) is 11.6 Å². The summed E-state index contributed by atoms with van der Waals surface area (Å²) in [7, 11) is 0. The number of hydrogen-bond acceptors (Lipinski definition) is 2. The third-order valence-electron chi connectivity index (χ3n) is 3.89. The predicted octanol–water partition coefficient (Wildman–Crippen LogP) is 3.15. The Morgan fingerprint density at radius 3 is 2.84 bits per heavy atom. The Hall–Kier alpha value is -1.71.